The second kappa shape index (κ2) is 12.1. The molecule has 14 heavy (non-hydrogen) atoms. The summed E-state index contributed by atoms with van der Waals surface area (Å²) in [7, 11) is 0. The van der Waals surface area contributed by atoms with E-state index in [0.717, 1.165) is 38.9 Å². The molecule has 0 unspecified atom stereocenters. The molecule has 0 heterocycles. The second-order valence-electron chi connectivity index (χ2n) is 3.01. The molecule has 0 aromatic rings. The number of hydrogen-bond acceptors (Lipinski definition) is 2. The van der Waals surface area contributed by atoms with Crippen LogP contribution in [-0.2, 0) is 9.47 Å². The molecule has 0 fully saturated rings. The van der Waals surface area contributed by atoms with Crippen LogP contribution in [0.4, 0.5) is 0 Å². The number of hydrogen-bond donors (Lipinski definition) is 0. The summed E-state index contributed by atoms with van der Waals surface area (Å²) in [5.41, 5.74) is 0. The van der Waals surface area contributed by atoms with Gasteiger partial charge in [0.1, 0.15) is 0 Å². The monoisotopic (exact) mass is 198 g/mol. The van der Waals surface area contributed by atoms with Gasteiger partial charge >= 0.3 is 0 Å². The van der Waals surface area contributed by atoms with Crippen molar-refractivity contribution in [2.45, 2.75) is 39.5 Å². The van der Waals surface area contributed by atoms with Gasteiger partial charge in [0.15, 0.2) is 0 Å². The molecule has 0 radical (unpaired) electrons. The summed E-state index contributed by atoms with van der Waals surface area (Å²) in [6.45, 7) is 5.76. The maximum absolute atomic E-state index is 5.25. The lowest BCUT2D eigenvalue weighted by Gasteiger charge is -2.01. The molecule has 0 amide bonds. The van der Waals surface area contributed by atoms with Crippen LogP contribution in [0.2, 0.25) is 0 Å². The first-order valence-electron chi connectivity index (χ1n) is 5.45. The molecule has 0 spiro atoms. The third-order valence-electron chi connectivity index (χ3n) is 1.63. The van der Waals surface area contributed by atoms with Crippen LogP contribution in [0.25, 0.3) is 0 Å². The van der Waals surface area contributed by atoms with Crippen LogP contribution < -0.4 is 0 Å². The van der Waals surface area contributed by atoms with E-state index in [9.17, 15) is 0 Å². The van der Waals surface area contributed by atoms with Gasteiger partial charge in [-0.15, -0.1) is 0 Å². The smallest absolute Gasteiger partial charge is 0.0874 e. The fourth-order valence-electron chi connectivity index (χ4n) is 0.835. The van der Waals surface area contributed by atoms with E-state index in [0.29, 0.717) is 0 Å². The minimum atomic E-state index is 0.789. The Morgan fingerprint density at radius 1 is 0.786 bits per heavy atom. The first kappa shape index (κ1) is 13.1. The fraction of sp³-hybridized carbons (Fsp3) is 0.667. The maximum Gasteiger partial charge on any atom is 0.0874 e. The molecule has 0 saturated carbocycles. The van der Waals surface area contributed by atoms with E-state index in [1.54, 1.807) is 12.5 Å². The molecular weight excluding hydrogens is 176 g/mol. The number of unbranched alkanes of at least 4 members (excludes halogenated alkanes) is 1. The van der Waals surface area contributed by atoms with Crippen LogP contribution in [-0.4, -0.2) is 13.2 Å². The zero-order valence-corrected chi connectivity index (χ0v) is 9.37. The highest BCUT2D eigenvalue weighted by Crippen LogP contribution is 1.93. The summed E-state index contributed by atoms with van der Waals surface area (Å²) in [6.07, 6.45) is 11.7. The summed E-state index contributed by atoms with van der Waals surface area (Å²) >= 11 is 0. The zero-order valence-electron chi connectivity index (χ0n) is 9.37. The van der Waals surface area contributed by atoms with Crippen molar-refractivity contribution in [3.8, 4) is 0 Å². The van der Waals surface area contributed by atoms with Crippen molar-refractivity contribution >= 4 is 0 Å². The normalized spacial score (nSPS) is 11.3. The molecule has 82 valence electrons. The third kappa shape index (κ3) is 11.1. The zero-order chi connectivity index (χ0) is 10.5. The number of rotatable bonds is 9. The molecule has 0 aliphatic carbocycles. The van der Waals surface area contributed by atoms with Crippen LogP contribution >= 0.6 is 0 Å². The van der Waals surface area contributed by atoms with Crippen molar-refractivity contribution in [3.05, 3.63) is 24.7 Å². The minimum Gasteiger partial charge on any atom is -0.502 e. The van der Waals surface area contributed by atoms with Crippen molar-refractivity contribution in [1.82, 2.24) is 0 Å². The van der Waals surface area contributed by atoms with E-state index in [1.165, 1.54) is 0 Å². The average molecular weight is 198 g/mol. The Labute approximate surface area is 87.6 Å². The predicted molar refractivity (Wildman–Crippen MR) is 60.0 cm³/mol. The van der Waals surface area contributed by atoms with E-state index in [2.05, 4.69) is 13.8 Å². The van der Waals surface area contributed by atoms with E-state index in [4.69, 9.17) is 9.47 Å². The van der Waals surface area contributed by atoms with Gasteiger partial charge in [0.05, 0.1) is 25.7 Å². The molecule has 0 atom stereocenters. The van der Waals surface area contributed by atoms with Gasteiger partial charge in [-0.05, 0) is 25.7 Å². The largest absolute Gasteiger partial charge is 0.502 e. The van der Waals surface area contributed by atoms with Gasteiger partial charge in [0.2, 0.25) is 0 Å². The van der Waals surface area contributed by atoms with Crippen LogP contribution in [0, 0.1) is 0 Å². The Kier molecular flexibility index (Phi) is 11.3. The van der Waals surface area contributed by atoms with Crippen molar-refractivity contribution in [2.24, 2.45) is 0 Å². The summed E-state index contributed by atoms with van der Waals surface area (Å²) < 4.78 is 10.5. The molecule has 2 heteroatoms. The van der Waals surface area contributed by atoms with Crippen LogP contribution in [0.5, 0.6) is 0 Å². The average Bonchev–Trinajstić information content (AvgIpc) is 2.21. The Hall–Kier alpha value is -0.920. The van der Waals surface area contributed by atoms with E-state index < -0.39 is 0 Å². The lowest BCUT2D eigenvalue weighted by atomic mass is 10.3. The predicted octanol–water partition coefficient (Wildman–Crippen LogP) is 3.65. The minimum absolute atomic E-state index is 0.789. The highest BCUT2D eigenvalue weighted by atomic mass is 16.5. The summed E-state index contributed by atoms with van der Waals surface area (Å²) in [4.78, 5) is 0. The Morgan fingerprint density at radius 2 is 1.21 bits per heavy atom. The summed E-state index contributed by atoms with van der Waals surface area (Å²) in [5.74, 6) is 0. The lowest BCUT2D eigenvalue weighted by Crippen LogP contribution is -1.92. The molecule has 0 aliphatic rings. The molecule has 0 aromatic carbocycles. The van der Waals surface area contributed by atoms with Crippen molar-refractivity contribution in [1.29, 1.82) is 0 Å². The van der Waals surface area contributed by atoms with Crippen molar-refractivity contribution in [2.75, 3.05) is 13.2 Å². The number of ether oxygens (including phenoxy) is 2. The first-order chi connectivity index (χ1) is 6.91. The Balaban J connectivity index is 2.99. The van der Waals surface area contributed by atoms with E-state index >= 15 is 0 Å². The topological polar surface area (TPSA) is 18.5 Å². The first-order valence-corrected chi connectivity index (χ1v) is 5.45. The van der Waals surface area contributed by atoms with Gasteiger partial charge in [-0.2, -0.15) is 0 Å². The lowest BCUT2D eigenvalue weighted by molar-refractivity contribution is 0.204. The molecule has 0 rings (SSSR count). The molecular formula is C12H22O2. The van der Waals surface area contributed by atoms with E-state index in [1.807, 2.05) is 12.2 Å². The Morgan fingerprint density at radius 3 is 1.57 bits per heavy atom. The second-order valence-corrected chi connectivity index (χ2v) is 3.01. The van der Waals surface area contributed by atoms with Crippen LogP contribution in [0.3, 0.4) is 0 Å². The maximum atomic E-state index is 5.25. The molecule has 0 aromatic heterocycles. The molecule has 0 bridgehead atoms. The van der Waals surface area contributed by atoms with Gasteiger partial charge in [0, 0.05) is 0 Å². The van der Waals surface area contributed by atoms with E-state index in [-0.39, 0.29) is 0 Å². The van der Waals surface area contributed by atoms with Gasteiger partial charge < -0.3 is 9.47 Å². The van der Waals surface area contributed by atoms with Gasteiger partial charge in [-0.25, -0.2) is 0 Å². The highest BCUT2D eigenvalue weighted by Gasteiger charge is 1.86. The SMILES string of the molecule is CC/C=C/OCCCCO/C=C/CC. The van der Waals surface area contributed by atoms with Crippen LogP contribution in [0.1, 0.15) is 39.5 Å². The van der Waals surface area contributed by atoms with Gasteiger partial charge in [-0.3, -0.25) is 0 Å². The summed E-state index contributed by atoms with van der Waals surface area (Å²) in [5, 5.41) is 0. The third-order valence-corrected chi connectivity index (χ3v) is 1.63. The van der Waals surface area contributed by atoms with Crippen molar-refractivity contribution < 1.29 is 9.47 Å². The fourth-order valence-corrected chi connectivity index (χ4v) is 0.835. The molecule has 0 aliphatic heterocycles. The number of allylic oxidation sites excluding steroid dienone is 2. The molecule has 0 N–H and O–H groups in total. The highest BCUT2D eigenvalue weighted by molar-refractivity contribution is 4.71. The molecule has 2 nitrogen and oxygen atoms in total. The van der Waals surface area contributed by atoms with Crippen LogP contribution in [0.15, 0.2) is 24.7 Å². The quantitative estimate of drug-likeness (QED) is 0.416. The van der Waals surface area contributed by atoms with Crippen molar-refractivity contribution in [3.63, 3.8) is 0 Å². The van der Waals surface area contributed by atoms with Gasteiger partial charge in [0.25, 0.3) is 0 Å². The standard InChI is InChI=1S/C12H22O2/c1-3-5-9-13-11-7-8-12-14-10-6-4-2/h5-6,9-10H,3-4,7-8,11-12H2,1-2H3/b9-5+,10-6+. The van der Waals surface area contributed by atoms with Gasteiger partial charge in [-0.1, -0.05) is 26.0 Å². The summed E-state index contributed by atoms with van der Waals surface area (Å²) in [6, 6.07) is 0. The Bertz CT molecular complexity index is 132. The molecule has 0 saturated heterocycles.